The fourth-order valence-corrected chi connectivity index (χ4v) is 1.84. The molecule has 0 aliphatic heterocycles. The van der Waals surface area contributed by atoms with Crippen molar-refractivity contribution < 1.29 is 14.8 Å². The number of nitrogens with zero attached hydrogens (tertiary/aromatic N) is 1. The van der Waals surface area contributed by atoms with E-state index < -0.39 is 10.9 Å². The van der Waals surface area contributed by atoms with Gasteiger partial charge >= 0.3 is 5.97 Å². The monoisotopic (exact) mass is 257 g/mol. The van der Waals surface area contributed by atoms with Gasteiger partial charge in [0.1, 0.15) is 0 Å². The standard InChI is InChI=1S/C14H11NO4/c16-14(17)13-4-2-1-3-11(13)9-10-5-7-12(8-6-10)15(18)19/h1-8H,9H2,(H,16,17). The van der Waals surface area contributed by atoms with E-state index in [1.54, 1.807) is 36.4 Å². The molecule has 5 heteroatoms. The number of carboxylic acid groups (broad SMARTS) is 1. The second-order valence-electron chi connectivity index (χ2n) is 4.06. The smallest absolute Gasteiger partial charge is 0.335 e. The Kier molecular flexibility index (Phi) is 3.56. The minimum absolute atomic E-state index is 0.0234. The number of non-ortho nitro benzene ring substituents is 1. The van der Waals surface area contributed by atoms with Gasteiger partial charge in [-0.05, 0) is 23.6 Å². The van der Waals surface area contributed by atoms with Crippen LogP contribution in [0.3, 0.4) is 0 Å². The maximum absolute atomic E-state index is 11.1. The number of nitro benzene ring substituents is 1. The van der Waals surface area contributed by atoms with Gasteiger partial charge in [-0.25, -0.2) is 4.79 Å². The van der Waals surface area contributed by atoms with Gasteiger partial charge < -0.3 is 5.11 Å². The van der Waals surface area contributed by atoms with Crippen LogP contribution in [0.25, 0.3) is 0 Å². The van der Waals surface area contributed by atoms with Crippen molar-refractivity contribution in [1.82, 2.24) is 0 Å². The van der Waals surface area contributed by atoms with Gasteiger partial charge in [-0.2, -0.15) is 0 Å². The van der Waals surface area contributed by atoms with Gasteiger partial charge in [-0.3, -0.25) is 10.1 Å². The van der Waals surface area contributed by atoms with Crippen molar-refractivity contribution in [2.24, 2.45) is 0 Å². The quantitative estimate of drug-likeness (QED) is 0.674. The van der Waals surface area contributed by atoms with E-state index in [1.807, 2.05) is 0 Å². The van der Waals surface area contributed by atoms with Gasteiger partial charge in [0.05, 0.1) is 10.5 Å². The van der Waals surface area contributed by atoms with Gasteiger partial charge in [0.25, 0.3) is 5.69 Å². The summed E-state index contributed by atoms with van der Waals surface area (Å²) in [5.41, 5.74) is 1.79. The molecule has 2 aromatic carbocycles. The first-order chi connectivity index (χ1) is 9.08. The summed E-state index contributed by atoms with van der Waals surface area (Å²) < 4.78 is 0. The van der Waals surface area contributed by atoms with Crippen molar-refractivity contribution in [2.75, 3.05) is 0 Å². The first-order valence-corrected chi connectivity index (χ1v) is 5.62. The Morgan fingerprint density at radius 3 is 2.32 bits per heavy atom. The molecule has 0 heterocycles. The number of benzene rings is 2. The van der Waals surface area contributed by atoms with E-state index in [0.29, 0.717) is 12.0 Å². The highest BCUT2D eigenvalue weighted by atomic mass is 16.6. The lowest BCUT2D eigenvalue weighted by atomic mass is 10.00. The van der Waals surface area contributed by atoms with Gasteiger partial charge in [0, 0.05) is 12.1 Å². The molecule has 96 valence electrons. The molecule has 0 unspecified atom stereocenters. The topological polar surface area (TPSA) is 80.4 Å². The van der Waals surface area contributed by atoms with Gasteiger partial charge in [-0.1, -0.05) is 30.3 Å². The van der Waals surface area contributed by atoms with E-state index in [4.69, 9.17) is 5.11 Å². The highest BCUT2D eigenvalue weighted by Gasteiger charge is 2.10. The van der Waals surface area contributed by atoms with Crippen LogP contribution in [0.2, 0.25) is 0 Å². The van der Waals surface area contributed by atoms with Crippen LogP contribution < -0.4 is 0 Å². The van der Waals surface area contributed by atoms with Crippen LogP contribution in [0.1, 0.15) is 21.5 Å². The zero-order chi connectivity index (χ0) is 13.8. The second-order valence-corrected chi connectivity index (χ2v) is 4.06. The number of hydrogen-bond donors (Lipinski definition) is 1. The van der Waals surface area contributed by atoms with Gasteiger partial charge in [0.2, 0.25) is 0 Å². The van der Waals surface area contributed by atoms with Crippen molar-refractivity contribution in [3.05, 3.63) is 75.3 Å². The second kappa shape index (κ2) is 5.30. The predicted octanol–water partition coefficient (Wildman–Crippen LogP) is 2.88. The number of rotatable bonds is 4. The van der Waals surface area contributed by atoms with Crippen molar-refractivity contribution >= 4 is 11.7 Å². The number of hydrogen-bond acceptors (Lipinski definition) is 3. The molecule has 0 atom stereocenters. The lowest BCUT2D eigenvalue weighted by molar-refractivity contribution is -0.384. The van der Waals surface area contributed by atoms with Crippen molar-refractivity contribution in [3.63, 3.8) is 0 Å². The van der Waals surface area contributed by atoms with Crippen LogP contribution in [-0.2, 0) is 6.42 Å². The van der Waals surface area contributed by atoms with E-state index in [0.717, 1.165) is 5.56 Å². The first kappa shape index (κ1) is 12.8. The number of nitro groups is 1. The summed E-state index contributed by atoms with van der Waals surface area (Å²) in [6.07, 6.45) is 0.431. The Morgan fingerprint density at radius 2 is 1.74 bits per heavy atom. The predicted molar refractivity (Wildman–Crippen MR) is 69.3 cm³/mol. The highest BCUT2D eigenvalue weighted by molar-refractivity contribution is 5.89. The lowest BCUT2D eigenvalue weighted by Gasteiger charge is -2.05. The average molecular weight is 257 g/mol. The summed E-state index contributed by atoms with van der Waals surface area (Å²) in [6.45, 7) is 0. The molecular weight excluding hydrogens is 246 g/mol. The molecule has 2 aromatic rings. The molecule has 0 aliphatic carbocycles. The number of aromatic carboxylic acids is 1. The fourth-order valence-electron chi connectivity index (χ4n) is 1.84. The molecule has 5 nitrogen and oxygen atoms in total. The van der Waals surface area contributed by atoms with E-state index in [1.165, 1.54) is 12.1 Å². The molecule has 0 radical (unpaired) electrons. The Labute approximate surface area is 109 Å². The third kappa shape index (κ3) is 2.95. The molecule has 19 heavy (non-hydrogen) atoms. The van der Waals surface area contributed by atoms with Crippen LogP contribution in [0, 0.1) is 10.1 Å². The fraction of sp³-hybridized carbons (Fsp3) is 0.0714. The van der Waals surface area contributed by atoms with Gasteiger partial charge in [-0.15, -0.1) is 0 Å². The van der Waals surface area contributed by atoms with E-state index >= 15 is 0 Å². The molecule has 2 rings (SSSR count). The molecule has 1 N–H and O–H groups in total. The number of carbonyl (C=O) groups is 1. The molecule has 0 fully saturated rings. The van der Waals surface area contributed by atoms with Crippen LogP contribution in [0.4, 0.5) is 5.69 Å². The molecule has 0 spiro atoms. The minimum atomic E-state index is -0.975. The summed E-state index contributed by atoms with van der Waals surface area (Å²) in [5.74, 6) is -0.975. The Morgan fingerprint density at radius 1 is 1.11 bits per heavy atom. The van der Waals surface area contributed by atoms with Crippen LogP contribution >= 0.6 is 0 Å². The number of carboxylic acids is 1. The molecule has 0 aliphatic rings. The van der Waals surface area contributed by atoms with Crippen molar-refractivity contribution in [2.45, 2.75) is 6.42 Å². The summed E-state index contributed by atoms with van der Waals surface area (Å²) >= 11 is 0. The van der Waals surface area contributed by atoms with Gasteiger partial charge in [0.15, 0.2) is 0 Å². The van der Waals surface area contributed by atoms with E-state index in [9.17, 15) is 14.9 Å². The molecule has 0 amide bonds. The Hall–Kier alpha value is -2.69. The van der Waals surface area contributed by atoms with Crippen LogP contribution in [-0.4, -0.2) is 16.0 Å². The largest absolute Gasteiger partial charge is 0.478 e. The Bertz CT molecular complexity index is 620. The average Bonchev–Trinajstić information content (AvgIpc) is 2.39. The first-order valence-electron chi connectivity index (χ1n) is 5.62. The maximum atomic E-state index is 11.1. The highest BCUT2D eigenvalue weighted by Crippen LogP contribution is 2.17. The molecule has 0 saturated heterocycles. The van der Waals surface area contributed by atoms with Crippen molar-refractivity contribution in [1.29, 1.82) is 0 Å². The summed E-state index contributed by atoms with van der Waals surface area (Å²) in [4.78, 5) is 21.1. The SMILES string of the molecule is O=C(O)c1ccccc1Cc1ccc([N+](=O)[O-])cc1. The third-order valence-electron chi connectivity index (χ3n) is 2.79. The maximum Gasteiger partial charge on any atom is 0.335 e. The van der Waals surface area contributed by atoms with Crippen LogP contribution in [0.5, 0.6) is 0 Å². The molecule has 0 bridgehead atoms. The lowest BCUT2D eigenvalue weighted by Crippen LogP contribution is -2.02. The van der Waals surface area contributed by atoms with Crippen LogP contribution in [0.15, 0.2) is 48.5 Å². The third-order valence-corrected chi connectivity index (χ3v) is 2.79. The minimum Gasteiger partial charge on any atom is -0.478 e. The zero-order valence-corrected chi connectivity index (χ0v) is 9.95. The molecule has 0 aromatic heterocycles. The summed E-state index contributed by atoms with van der Waals surface area (Å²) in [7, 11) is 0. The normalized spacial score (nSPS) is 10.1. The van der Waals surface area contributed by atoms with E-state index in [-0.39, 0.29) is 11.3 Å². The summed E-state index contributed by atoms with van der Waals surface area (Å²) in [5, 5.41) is 19.6. The van der Waals surface area contributed by atoms with Crippen molar-refractivity contribution in [3.8, 4) is 0 Å². The summed E-state index contributed by atoms with van der Waals surface area (Å²) in [6, 6.07) is 12.8. The van der Waals surface area contributed by atoms with E-state index in [2.05, 4.69) is 0 Å². The molecule has 0 saturated carbocycles. The zero-order valence-electron chi connectivity index (χ0n) is 9.95. The Balaban J connectivity index is 2.26. The molecular formula is C14H11NO4.